The van der Waals surface area contributed by atoms with E-state index in [9.17, 15) is 4.79 Å². The molecule has 2 aromatic rings. The molecular formula is C17H19Cl2N3O2. The molecule has 0 unspecified atom stereocenters. The highest BCUT2D eigenvalue weighted by Gasteiger charge is 2.19. The molecule has 0 radical (unpaired) electrons. The van der Waals surface area contributed by atoms with Gasteiger partial charge in [0.2, 0.25) is 5.91 Å². The minimum atomic E-state index is 0.146. The molecule has 0 N–H and O–H groups in total. The lowest BCUT2D eigenvalue weighted by molar-refractivity contribution is -0.132. The van der Waals surface area contributed by atoms with E-state index >= 15 is 0 Å². The monoisotopic (exact) mass is 367 g/mol. The fraction of sp³-hybridized carbons (Fsp3) is 0.412. The Bertz CT molecular complexity index is 724. The fourth-order valence-electron chi connectivity index (χ4n) is 2.67. The summed E-state index contributed by atoms with van der Waals surface area (Å²) in [7, 11) is 2.07. The summed E-state index contributed by atoms with van der Waals surface area (Å²) in [6.07, 6.45) is 2.51. The van der Waals surface area contributed by atoms with Crippen LogP contribution < -0.4 is 0 Å². The Morgan fingerprint density at radius 2 is 2.00 bits per heavy atom. The van der Waals surface area contributed by atoms with Gasteiger partial charge in [0, 0.05) is 49.6 Å². The lowest BCUT2D eigenvalue weighted by Gasteiger charge is -2.32. The number of aromatic nitrogens is 1. The van der Waals surface area contributed by atoms with Gasteiger partial charge in [-0.05, 0) is 25.2 Å². The largest absolute Gasteiger partial charge is 0.441 e. The first-order chi connectivity index (χ1) is 11.5. The van der Waals surface area contributed by atoms with Crippen LogP contribution in [-0.4, -0.2) is 53.9 Å². The van der Waals surface area contributed by atoms with Crippen LogP contribution in [0.1, 0.15) is 12.3 Å². The van der Waals surface area contributed by atoms with Gasteiger partial charge >= 0.3 is 0 Å². The highest BCUT2D eigenvalue weighted by molar-refractivity contribution is 6.36. The van der Waals surface area contributed by atoms with Gasteiger partial charge in [0.25, 0.3) is 0 Å². The predicted octanol–water partition coefficient (Wildman–Crippen LogP) is 3.36. The van der Waals surface area contributed by atoms with Gasteiger partial charge in [0.1, 0.15) is 0 Å². The van der Waals surface area contributed by atoms with Crippen LogP contribution in [0.25, 0.3) is 11.3 Å². The van der Waals surface area contributed by atoms with Crippen molar-refractivity contribution in [2.75, 3.05) is 33.2 Å². The van der Waals surface area contributed by atoms with Crippen molar-refractivity contribution in [2.24, 2.45) is 0 Å². The first-order valence-corrected chi connectivity index (χ1v) is 8.65. The van der Waals surface area contributed by atoms with Crippen molar-refractivity contribution in [3.05, 3.63) is 40.3 Å². The van der Waals surface area contributed by atoms with Gasteiger partial charge < -0.3 is 14.2 Å². The van der Waals surface area contributed by atoms with Crippen LogP contribution in [0.5, 0.6) is 0 Å². The molecule has 1 fully saturated rings. The van der Waals surface area contributed by atoms with Crippen molar-refractivity contribution < 1.29 is 9.21 Å². The van der Waals surface area contributed by atoms with Crippen LogP contribution in [-0.2, 0) is 11.2 Å². The number of amides is 1. The Kier molecular flexibility index (Phi) is 5.43. The van der Waals surface area contributed by atoms with Crippen LogP contribution >= 0.6 is 23.2 Å². The maximum absolute atomic E-state index is 12.2. The van der Waals surface area contributed by atoms with E-state index in [1.54, 1.807) is 24.4 Å². The summed E-state index contributed by atoms with van der Waals surface area (Å²) in [5.74, 6) is 1.27. The number of aryl methyl sites for hydroxylation is 1. The molecule has 0 aliphatic carbocycles. The molecule has 0 saturated carbocycles. The SMILES string of the molecule is CN1CCN(C(=O)CCc2ncc(-c3ccc(Cl)cc3Cl)o2)CC1. The number of nitrogens with zero attached hydrogens (tertiary/aromatic N) is 3. The third-order valence-corrected chi connectivity index (χ3v) is 4.71. The predicted molar refractivity (Wildman–Crippen MR) is 94.4 cm³/mol. The summed E-state index contributed by atoms with van der Waals surface area (Å²) in [6, 6.07) is 5.21. The number of piperazine rings is 1. The number of hydrogen-bond donors (Lipinski definition) is 0. The first kappa shape index (κ1) is 17.3. The molecule has 1 aliphatic rings. The van der Waals surface area contributed by atoms with Crippen molar-refractivity contribution in [1.29, 1.82) is 0 Å². The molecule has 1 amide bonds. The summed E-state index contributed by atoms with van der Waals surface area (Å²) >= 11 is 12.1. The third kappa shape index (κ3) is 4.09. The van der Waals surface area contributed by atoms with Crippen molar-refractivity contribution in [2.45, 2.75) is 12.8 Å². The minimum Gasteiger partial charge on any atom is -0.441 e. The molecule has 1 aromatic carbocycles. The van der Waals surface area contributed by atoms with E-state index in [1.165, 1.54) is 0 Å². The molecule has 5 nitrogen and oxygen atoms in total. The first-order valence-electron chi connectivity index (χ1n) is 7.89. The number of likely N-dealkylation sites (N-methyl/N-ethyl adjacent to an activating group) is 1. The molecule has 2 heterocycles. The Labute approximate surface area is 151 Å². The third-order valence-electron chi connectivity index (χ3n) is 4.16. The molecule has 3 rings (SSSR count). The van der Waals surface area contributed by atoms with E-state index in [-0.39, 0.29) is 5.91 Å². The summed E-state index contributed by atoms with van der Waals surface area (Å²) in [5.41, 5.74) is 0.741. The van der Waals surface area contributed by atoms with Crippen molar-refractivity contribution in [3.8, 4) is 11.3 Å². The number of carbonyl (C=O) groups is 1. The maximum Gasteiger partial charge on any atom is 0.223 e. The van der Waals surface area contributed by atoms with Gasteiger partial charge in [-0.25, -0.2) is 4.98 Å². The van der Waals surface area contributed by atoms with Crippen LogP contribution in [0.15, 0.2) is 28.8 Å². The van der Waals surface area contributed by atoms with Gasteiger partial charge in [-0.1, -0.05) is 23.2 Å². The molecular weight excluding hydrogens is 349 g/mol. The Morgan fingerprint density at radius 3 is 2.71 bits per heavy atom. The molecule has 0 spiro atoms. The quantitative estimate of drug-likeness (QED) is 0.831. The lowest BCUT2D eigenvalue weighted by Crippen LogP contribution is -2.47. The standard InChI is InChI=1S/C17H19Cl2N3O2/c1-21-6-8-22(9-7-21)17(23)5-4-16-20-11-15(24-16)13-3-2-12(18)10-14(13)19/h2-3,10-11H,4-9H2,1H3. The molecule has 1 aliphatic heterocycles. The smallest absolute Gasteiger partial charge is 0.223 e. The zero-order chi connectivity index (χ0) is 17.1. The second-order valence-corrected chi connectivity index (χ2v) is 6.77. The number of rotatable bonds is 4. The number of hydrogen-bond acceptors (Lipinski definition) is 4. The number of carbonyl (C=O) groups excluding carboxylic acids is 1. The zero-order valence-corrected chi connectivity index (χ0v) is 15.0. The van der Waals surface area contributed by atoms with Gasteiger partial charge in [-0.2, -0.15) is 0 Å². The van der Waals surface area contributed by atoms with E-state index in [0.29, 0.717) is 34.5 Å². The minimum absolute atomic E-state index is 0.146. The summed E-state index contributed by atoms with van der Waals surface area (Å²) in [4.78, 5) is 20.6. The van der Waals surface area contributed by atoms with Crippen LogP contribution in [0.2, 0.25) is 10.0 Å². The van der Waals surface area contributed by atoms with E-state index < -0.39 is 0 Å². The highest BCUT2D eigenvalue weighted by Crippen LogP contribution is 2.30. The Morgan fingerprint density at radius 1 is 1.25 bits per heavy atom. The summed E-state index contributed by atoms with van der Waals surface area (Å²) in [5, 5.41) is 1.08. The van der Waals surface area contributed by atoms with Gasteiger partial charge in [0.15, 0.2) is 11.7 Å². The Balaban J connectivity index is 1.59. The number of halogens is 2. The highest BCUT2D eigenvalue weighted by atomic mass is 35.5. The van der Waals surface area contributed by atoms with Gasteiger partial charge in [-0.3, -0.25) is 4.79 Å². The van der Waals surface area contributed by atoms with Crippen LogP contribution in [0.3, 0.4) is 0 Å². The van der Waals surface area contributed by atoms with Crippen molar-refractivity contribution in [1.82, 2.24) is 14.8 Å². The lowest BCUT2D eigenvalue weighted by atomic mass is 10.2. The maximum atomic E-state index is 12.2. The van der Waals surface area contributed by atoms with E-state index in [4.69, 9.17) is 27.6 Å². The second kappa shape index (κ2) is 7.55. The Hall–Kier alpha value is -1.56. The average Bonchev–Trinajstić information content (AvgIpc) is 3.02. The molecule has 0 bridgehead atoms. The van der Waals surface area contributed by atoms with Crippen LogP contribution in [0.4, 0.5) is 0 Å². The topological polar surface area (TPSA) is 49.6 Å². The molecule has 0 atom stereocenters. The van der Waals surface area contributed by atoms with Gasteiger partial charge in [0.05, 0.1) is 11.2 Å². The molecule has 1 saturated heterocycles. The average molecular weight is 368 g/mol. The van der Waals surface area contributed by atoms with E-state index in [0.717, 1.165) is 31.7 Å². The van der Waals surface area contributed by atoms with Crippen molar-refractivity contribution >= 4 is 29.1 Å². The summed E-state index contributed by atoms with van der Waals surface area (Å²) < 4.78 is 5.73. The molecule has 128 valence electrons. The molecule has 1 aromatic heterocycles. The fourth-order valence-corrected chi connectivity index (χ4v) is 3.17. The van der Waals surface area contributed by atoms with Crippen molar-refractivity contribution in [3.63, 3.8) is 0 Å². The number of benzene rings is 1. The molecule has 24 heavy (non-hydrogen) atoms. The van der Waals surface area contributed by atoms with E-state index in [2.05, 4.69) is 16.9 Å². The summed E-state index contributed by atoms with van der Waals surface area (Å²) in [6.45, 7) is 3.41. The van der Waals surface area contributed by atoms with Gasteiger partial charge in [-0.15, -0.1) is 0 Å². The van der Waals surface area contributed by atoms with E-state index in [1.807, 2.05) is 4.90 Å². The molecule has 7 heteroatoms. The number of oxazole rings is 1. The van der Waals surface area contributed by atoms with Crippen LogP contribution in [0, 0.1) is 0 Å². The normalized spacial score (nSPS) is 15.7. The zero-order valence-electron chi connectivity index (χ0n) is 13.5. The second-order valence-electron chi connectivity index (χ2n) is 5.93.